The molecule has 0 aliphatic heterocycles. The molecule has 0 aliphatic carbocycles. The van der Waals surface area contributed by atoms with Gasteiger partial charge in [-0.3, -0.25) is 4.79 Å². The molecule has 3 heteroatoms. The topological polar surface area (TPSA) is 46.5 Å². The van der Waals surface area contributed by atoms with E-state index in [9.17, 15) is 4.79 Å². The number of ether oxygens (including phenoxy) is 1. The number of aliphatic hydroxyl groups excluding tert-OH is 1. The summed E-state index contributed by atoms with van der Waals surface area (Å²) in [5.74, 6) is 0.614. The zero-order valence-corrected chi connectivity index (χ0v) is 10.9. The fourth-order valence-electron chi connectivity index (χ4n) is 1.41. The number of rotatable bonds is 9. The van der Waals surface area contributed by atoms with Gasteiger partial charge in [-0.25, -0.2) is 0 Å². The first-order valence-electron chi connectivity index (χ1n) is 6.36. The van der Waals surface area contributed by atoms with Crippen molar-refractivity contribution in [3.05, 3.63) is 0 Å². The second-order valence-electron chi connectivity index (χ2n) is 4.85. The SMILES string of the molecule is CC(C)CCCCCC(=O)OCCC(C)O. The van der Waals surface area contributed by atoms with Gasteiger partial charge in [0, 0.05) is 12.8 Å². The van der Waals surface area contributed by atoms with Crippen LogP contribution in [0.15, 0.2) is 0 Å². The molecule has 0 bridgehead atoms. The lowest BCUT2D eigenvalue weighted by Gasteiger charge is -2.06. The van der Waals surface area contributed by atoms with Crippen molar-refractivity contribution >= 4 is 5.97 Å². The Morgan fingerprint density at radius 1 is 1.12 bits per heavy atom. The minimum atomic E-state index is -0.390. The summed E-state index contributed by atoms with van der Waals surface area (Å²) in [6.45, 7) is 6.46. The molecule has 1 N–H and O–H groups in total. The summed E-state index contributed by atoms with van der Waals surface area (Å²) < 4.78 is 4.98. The molecule has 0 fully saturated rings. The van der Waals surface area contributed by atoms with Gasteiger partial charge in [-0.05, 0) is 19.3 Å². The van der Waals surface area contributed by atoms with Gasteiger partial charge in [0.05, 0.1) is 12.7 Å². The van der Waals surface area contributed by atoms with Gasteiger partial charge >= 0.3 is 5.97 Å². The van der Waals surface area contributed by atoms with E-state index in [-0.39, 0.29) is 12.1 Å². The van der Waals surface area contributed by atoms with Crippen molar-refractivity contribution in [3.63, 3.8) is 0 Å². The van der Waals surface area contributed by atoms with Gasteiger partial charge in [-0.15, -0.1) is 0 Å². The predicted octanol–water partition coefficient (Wildman–Crippen LogP) is 2.91. The number of esters is 1. The number of carbonyl (C=O) groups excluding carboxylic acids is 1. The summed E-state index contributed by atoms with van der Waals surface area (Å²) in [6.07, 6.45) is 5.09. The Balaban J connectivity index is 3.24. The molecule has 16 heavy (non-hydrogen) atoms. The highest BCUT2D eigenvalue weighted by atomic mass is 16.5. The number of hydrogen-bond donors (Lipinski definition) is 1. The van der Waals surface area contributed by atoms with Gasteiger partial charge < -0.3 is 9.84 Å². The molecule has 0 spiro atoms. The standard InChI is InChI=1S/C13H26O3/c1-11(2)7-5-4-6-8-13(15)16-10-9-12(3)14/h11-12,14H,4-10H2,1-3H3. The molecule has 0 heterocycles. The van der Waals surface area contributed by atoms with Gasteiger partial charge in [0.1, 0.15) is 0 Å². The average molecular weight is 230 g/mol. The van der Waals surface area contributed by atoms with E-state index in [0.29, 0.717) is 19.4 Å². The Morgan fingerprint density at radius 2 is 1.81 bits per heavy atom. The van der Waals surface area contributed by atoms with Crippen LogP contribution in [0.4, 0.5) is 0 Å². The molecule has 0 saturated heterocycles. The molecule has 0 amide bonds. The van der Waals surface area contributed by atoms with Crippen LogP contribution in [0.2, 0.25) is 0 Å². The third-order valence-electron chi connectivity index (χ3n) is 2.46. The summed E-state index contributed by atoms with van der Waals surface area (Å²) in [6, 6.07) is 0. The number of unbranched alkanes of at least 4 members (excludes halogenated alkanes) is 2. The highest BCUT2D eigenvalue weighted by molar-refractivity contribution is 5.69. The van der Waals surface area contributed by atoms with Crippen LogP contribution in [0.5, 0.6) is 0 Å². The molecule has 0 aliphatic rings. The van der Waals surface area contributed by atoms with E-state index in [1.807, 2.05) is 0 Å². The molecule has 0 aromatic heterocycles. The van der Waals surface area contributed by atoms with E-state index in [0.717, 1.165) is 18.8 Å². The van der Waals surface area contributed by atoms with Crippen LogP contribution in [0.25, 0.3) is 0 Å². The van der Waals surface area contributed by atoms with Gasteiger partial charge in [-0.2, -0.15) is 0 Å². The van der Waals surface area contributed by atoms with Crippen molar-refractivity contribution in [2.45, 2.75) is 65.4 Å². The van der Waals surface area contributed by atoms with Crippen LogP contribution in [0, 0.1) is 5.92 Å². The van der Waals surface area contributed by atoms with Crippen molar-refractivity contribution in [1.29, 1.82) is 0 Å². The molecule has 1 unspecified atom stereocenters. The predicted molar refractivity (Wildman–Crippen MR) is 65.2 cm³/mol. The fraction of sp³-hybridized carbons (Fsp3) is 0.923. The molecule has 0 saturated carbocycles. The Labute approximate surface area is 99.2 Å². The molecule has 0 rings (SSSR count). The summed E-state index contributed by atoms with van der Waals surface area (Å²) in [7, 11) is 0. The lowest BCUT2D eigenvalue weighted by atomic mass is 10.0. The second kappa shape index (κ2) is 9.64. The highest BCUT2D eigenvalue weighted by Gasteiger charge is 2.04. The summed E-state index contributed by atoms with van der Waals surface area (Å²) in [5, 5.41) is 8.97. The Bertz CT molecular complexity index is 176. The smallest absolute Gasteiger partial charge is 0.305 e. The molecule has 1 atom stereocenters. The first kappa shape index (κ1) is 15.4. The van der Waals surface area contributed by atoms with Gasteiger partial charge in [0.15, 0.2) is 0 Å². The van der Waals surface area contributed by atoms with E-state index in [1.165, 1.54) is 12.8 Å². The van der Waals surface area contributed by atoms with Gasteiger partial charge in [-0.1, -0.05) is 33.1 Å². The van der Waals surface area contributed by atoms with Crippen LogP contribution in [0.3, 0.4) is 0 Å². The first-order valence-corrected chi connectivity index (χ1v) is 6.36. The van der Waals surface area contributed by atoms with Gasteiger partial charge in [0.25, 0.3) is 0 Å². The summed E-state index contributed by atoms with van der Waals surface area (Å²) in [5.41, 5.74) is 0. The summed E-state index contributed by atoms with van der Waals surface area (Å²) in [4.78, 5) is 11.2. The Kier molecular flexibility index (Phi) is 9.30. The number of hydrogen-bond acceptors (Lipinski definition) is 3. The maximum Gasteiger partial charge on any atom is 0.305 e. The lowest BCUT2D eigenvalue weighted by molar-refractivity contribution is -0.144. The van der Waals surface area contributed by atoms with E-state index < -0.39 is 0 Å². The van der Waals surface area contributed by atoms with Crippen LogP contribution >= 0.6 is 0 Å². The van der Waals surface area contributed by atoms with Crippen LogP contribution in [0.1, 0.15) is 59.3 Å². The fourth-order valence-corrected chi connectivity index (χ4v) is 1.41. The molecule has 96 valence electrons. The monoisotopic (exact) mass is 230 g/mol. The molecular weight excluding hydrogens is 204 g/mol. The largest absolute Gasteiger partial charge is 0.466 e. The van der Waals surface area contributed by atoms with E-state index >= 15 is 0 Å². The number of aliphatic hydroxyl groups is 1. The maximum atomic E-state index is 11.2. The lowest BCUT2D eigenvalue weighted by Crippen LogP contribution is -2.10. The minimum absolute atomic E-state index is 0.134. The van der Waals surface area contributed by atoms with Crippen molar-refractivity contribution in [1.82, 2.24) is 0 Å². The van der Waals surface area contributed by atoms with Crippen LogP contribution < -0.4 is 0 Å². The highest BCUT2D eigenvalue weighted by Crippen LogP contribution is 2.09. The second-order valence-corrected chi connectivity index (χ2v) is 4.85. The molecular formula is C13H26O3. The van der Waals surface area contributed by atoms with Gasteiger partial charge in [0.2, 0.25) is 0 Å². The third kappa shape index (κ3) is 11.5. The quantitative estimate of drug-likeness (QED) is 0.489. The summed E-state index contributed by atoms with van der Waals surface area (Å²) >= 11 is 0. The molecule has 0 aromatic carbocycles. The third-order valence-corrected chi connectivity index (χ3v) is 2.46. The molecule has 0 aromatic rings. The van der Waals surface area contributed by atoms with Crippen molar-refractivity contribution < 1.29 is 14.6 Å². The van der Waals surface area contributed by atoms with E-state index in [2.05, 4.69) is 13.8 Å². The van der Waals surface area contributed by atoms with E-state index in [4.69, 9.17) is 9.84 Å². The average Bonchev–Trinajstić information content (AvgIpc) is 2.16. The van der Waals surface area contributed by atoms with Crippen molar-refractivity contribution in [2.24, 2.45) is 5.92 Å². The molecule has 3 nitrogen and oxygen atoms in total. The minimum Gasteiger partial charge on any atom is -0.466 e. The zero-order valence-electron chi connectivity index (χ0n) is 10.9. The van der Waals surface area contributed by atoms with Crippen molar-refractivity contribution in [2.75, 3.05) is 6.61 Å². The van der Waals surface area contributed by atoms with Crippen LogP contribution in [-0.4, -0.2) is 23.8 Å². The Morgan fingerprint density at radius 3 is 2.38 bits per heavy atom. The van der Waals surface area contributed by atoms with Crippen LogP contribution in [-0.2, 0) is 9.53 Å². The Hall–Kier alpha value is -0.570. The van der Waals surface area contributed by atoms with E-state index in [1.54, 1.807) is 6.92 Å². The maximum absolute atomic E-state index is 11.2. The zero-order chi connectivity index (χ0) is 12.4. The number of carbonyl (C=O) groups is 1. The first-order chi connectivity index (χ1) is 7.52. The normalized spacial score (nSPS) is 12.8. The molecule has 0 radical (unpaired) electrons. The van der Waals surface area contributed by atoms with Crippen molar-refractivity contribution in [3.8, 4) is 0 Å².